The van der Waals surface area contributed by atoms with Crippen molar-refractivity contribution in [2.45, 2.75) is 77.6 Å². The van der Waals surface area contributed by atoms with E-state index in [4.69, 9.17) is 0 Å². The number of aliphatic carboxylic acids is 1. The lowest BCUT2D eigenvalue weighted by Gasteiger charge is -2.10. The first kappa shape index (κ1) is 31.5. The second-order valence-electron chi connectivity index (χ2n) is 8.76. The Kier molecular flexibility index (Phi) is 18.5. The van der Waals surface area contributed by atoms with Crippen molar-refractivity contribution in [2.75, 3.05) is 0 Å². The van der Waals surface area contributed by atoms with Gasteiger partial charge in [0.1, 0.15) is 11.6 Å². The molecule has 0 aliphatic rings. The van der Waals surface area contributed by atoms with Gasteiger partial charge in [-0.15, -0.1) is 0 Å². The topological polar surface area (TPSA) is 100 Å². The summed E-state index contributed by atoms with van der Waals surface area (Å²) in [6, 6.07) is 0. The average molecular weight is 507 g/mol. The van der Waals surface area contributed by atoms with Crippen LogP contribution in [0.15, 0.2) is 85.4 Å². The van der Waals surface area contributed by atoms with Gasteiger partial charge >= 0.3 is 5.97 Å². The molecule has 0 radical (unpaired) electrons. The monoisotopic (exact) mass is 506 g/mol. The maximum atomic E-state index is 12.2. The summed E-state index contributed by atoms with van der Waals surface area (Å²) in [5.74, 6) is -1.82. The number of aromatic nitrogens is 2. The predicted molar refractivity (Wildman–Crippen MR) is 150 cm³/mol. The Balaban J connectivity index is 2.08. The average Bonchev–Trinajstić information content (AvgIpc) is 3.38. The number of nitrogens with one attached hydrogen (secondary N) is 1. The third-order valence-electron chi connectivity index (χ3n) is 5.53. The van der Waals surface area contributed by atoms with Crippen molar-refractivity contribution in [3.63, 3.8) is 0 Å². The highest BCUT2D eigenvalue weighted by Gasteiger charge is 2.22. The Morgan fingerprint density at radius 1 is 0.811 bits per heavy atom. The van der Waals surface area contributed by atoms with E-state index in [0.717, 1.165) is 32.1 Å². The van der Waals surface area contributed by atoms with Gasteiger partial charge in [0.25, 0.3) is 0 Å². The smallest absolute Gasteiger partial charge is 0.307 e. The van der Waals surface area contributed by atoms with Gasteiger partial charge in [0.05, 0.1) is 12.2 Å². The fraction of sp³-hybridized carbons (Fsp3) is 0.419. The lowest BCUT2D eigenvalue weighted by molar-refractivity contribution is -0.143. The minimum absolute atomic E-state index is 0.0321. The van der Waals surface area contributed by atoms with Gasteiger partial charge in [0.15, 0.2) is 0 Å². The van der Waals surface area contributed by atoms with Gasteiger partial charge in [-0.3, -0.25) is 14.4 Å². The molecular weight excluding hydrogens is 464 g/mol. The van der Waals surface area contributed by atoms with Crippen LogP contribution in [-0.4, -0.2) is 32.6 Å². The van der Waals surface area contributed by atoms with Crippen LogP contribution < -0.4 is 0 Å². The van der Waals surface area contributed by atoms with Crippen molar-refractivity contribution in [2.24, 2.45) is 5.92 Å². The Hall–Kier alpha value is -3.54. The van der Waals surface area contributed by atoms with E-state index in [1.165, 1.54) is 6.33 Å². The van der Waals surface area contributed by atoms with Gasteiger partial charge in [0, 0.05) is 44.0 Å². The summed E-state index contributed by atoms with van der Waals surface area (Å²) in [6.45, 7) is 2.03. The Morgan fingerprint density at radius 3 is 1.81 bits per heavy atom. The molecule has 200 valence electrons. The highest BCUT2D eigenvalue weighted by Crippen LogP contribution is 2.14. The first-order valence-electron chi connectivity index (χ1n) is 13.1. The molecule has 6 heteroatoms. The largest absolute Gasteiger partial charge is 0.481 e. The van der Waals surface area contributed by atoms with E-state index < -0.39 is 11.9 Å². The predicted octanol–water partition coefficient (Wildman–Crippen LogP) is 7.05. The van der Waals surface area contributed by atoms with Gasteiger partial charge in [-0.1, -0.05) is 72.9 Å². The number of imidazole rings is 1. The van der Waals surface area contributed by atoms with Crippen LogP contribution in [0.5, 0.6) is 0 Å². The number of hydrogen-bond donors (Lipinski definition) is 2. The second-order valence-corrected chi connectivity index (χ2v) is 8.76. The molecule has 1 aromatic heterocycles. The molecule has 0 aliphatic heterocycles. The number of allylic oxidation sites excluding steroid dienone is 12. The molecule has 0 saturated heterocycles. The number of aromatic amines is 1. The van der Waals surface area contributed by atoms with Gasteiger partial charge in [0.2, 0.25) is 0 Å². The maximum absolute atomic E-state index is 12.2. The molecule has 2 N–H and O–H groups in total. The molecule has 1 heterocycles. The minimum Gasteiger partial charge on any atom is -0.481 e. The van der Waals surface area contributed by atoms with E-state index in [0.29, 0.717) is 25.0 Å². The first-order valence-corrected chi connectivity index (χ1v) is 13.1. The zero-order valence-electron chi connectivity index (χ0n) is 22.1. The van der Waals surface area contributed by atoms with Crippen LogP contribution >= 0.6 is 0 Å². The molecule has 0 bridgehead atoms. The van der Waals surface area contributed by atoms with Crippen molar-refractivity contribution in [1.29, 1.82) is 0 Å². The van der Waals surface area contributed by atoms with Crippen molar-refractivity contribution in [3.05, 3.63) is 91.1 Å². The van der Waals surface area contributed by atoms with E-state index in [-0.39, 0.29) is 30.8 Å². The molecule has 0 unspecified atom stereocenters. The van der Waals surface area contributed by atoms with Crippen molar-refractivity contribution in [3.8, 4) is 0 Å². The van der Waals surface area contributed by atoms with Crippen LogP contribution in [0.3, 0.4) is 0 Å². The standard InChI is InChI=1S/C31H42N2O4/c1-2-3-4-5-6-7-8-9-10-11-12-13-14-15-16-17-18-20-29(34)21-19-22-30(35)24-27(31(36)37)23-28-25-32-26-33-28/h2-3,5-6,8-9,11-12,14-15,17-18,25-27H,4,7,10,13,16,19-24H2,1H3,(H,32,33)(H,36,37)/b3-2-,6-5-,9-8-,12-11-,15-14-,18-17-/t27-/m1/s1. The number of hydrogen-bond acceptors (Lipinski definition) is 4. The number of carbonyl (C=O) groups excluding carboxylic acids is 2. The molecule has 1 aromatic rings. The Labute approximate surface area is 221 Å². The molecule has 0 fully saturated rings. The molecule has 6 nitrogen and oxygen atoms in total. The van der Waals surface area contributed by atoms with Gasteiger partial charge in [-0.25, -0.2) is 4.98 Å². The SMILES string of the molecule is C/C=C\C/C=C\C/C=C\C/C=C\C/C=C\C/C=C\CC(=O)CCCC(=O)C[C@@H](Cc1cnc[nH]1)C(=O)O. The van der Waals surface area contributed by atoms with E-state index in [1.54, 1.807) is 6.20 Å². The summed E-state index contributed by atoms with van der Waals surface area (Å²) in [7, 11) is 0. The van der Waals surface area contributed by atoms with Crippen LogP contribution in [0.25, 0.3) is 0 Å². The number of carbonyl (C=O) groups is 3. The minimum atomic E-state index is -0.999. The van der Waals surface area contributed by atoms with Crippen molar-refractivity contribution < 1.29 is 19.5 Å². The second kappa shape index (κ2) is 21.7. The summed E-state index contributed by atoms with van der Waals surface area (Å²) in [4.78, 5) is 42.3. The van der Waals surface area contributed by atoms with E-state index in [2.05, 4.69) is 70.7 Å². The van der Waals surface area contributed by atoms with Crippen LogP contribution in [0.1, 0.15) is 76.8 Å². The zero-order chi connectivity index (χ0) is 27.0. The molecule has 0 saturated carbocycles. The molecule has 0 spiro atoms. The van der Waals surface area contributed by atoms with Crippen molar-refractivity contribution >= 4 is 17.5 Å². The number of ketones is 2. The van der Waals surface area contributed by atoms with E-state index in [1.807, 2.05) is 19.1 Å². The quantitative estimate of drug-likeness (QED) is 0.174. The normalized spacial score (nSPS) is 13.3. The number of carboxylic acid groups (broad SMARTS) is 1. The third-order valence-corrected chi connectivity index (χ3v) is 5.53. The van der Waals surface area contributed by atoms with E-state index in [9.17, 15) is 19.5 Å². The van der Waals surface area contributed by atoms with E-state index >= 15 is 0 Å². The molecule has 37 heavy (non-hydrogen) atoms. The molecular formula is C31H42N2O4. The highest BCUT2D eigenvalue weighted by atomic mass is 16.4. The number of rotatable bonds is 21. The molecule has 0 amide bonds. The van der Waals surface area contributed by atoms with Crippen LogP contribution in [0, 0.1) is 5.92 Å². The number of nitrogens with zero attached hydrogens (tertiary/aromatic N) is 1. The number of carboxylic acids is 1. The number of Topliss-reactive ketones (excluding diaryl/α,β-unsaturated/α-hetero) is 2. The van der Waals surface area contributed by atoms with Crippen LogP contribution in [-0.2, 0) is 20.8 Å². The van der Waals surface area contributed by atoms with Gasteiger partial charge in [-0.05, 0) is 45.4 Å². The highest BCUT2D eigenvalue weighted by molar-refractivity contribution is 5.85. The lowest BCUT2D eigenvalue weighted by atomic mass is 9.95. The Morgan fingerprint density at radius 2 is 1.32 bits per heavy atom. The Bertz CT molecular complexity index is 950. The lowest BCUT2D eigenvalue weighted by Crippen LogP contribution is -2.20. The number of H-pyrrole nitrogens is 1. The van der Waals surface area contributed by atoms with Gasteiger partial charge < -0.3 is 10.1 Å². The summed E-state index contributed by atoms with van der Waals surface area (Å²) in [5.41, 5.74) is 0.691. The molecule has 0 aromatic carbocycles. The molecule has 1 atom stereocenters. The van der Waals surface area contributed by atoms with Crippen LogP contribution in [0.4, 0.5) is 0 Å². The van der Waals surface area contributed by atoms with Crippen molar-refractivity contribution in [1.82, 2.24) is 9.97 Å². The molecule has 0 aliphatic carbocycles. The summed E-state index contributed by atoms with van der Waals surface area (Å²) >= 11 is 0. The summed E-state index contributed by atoms with van der Waals surface area (Å²) < 4.78 is 0. The van der Waals surface area contributed by atoms with Gasteiger partial charge in [-0.2, -0.15) is 0 Å². The first-order chi connectivity index (χ1) is 18.0. The zero-order valence-corrected chi connectivity index (χ0v) is 22.1. The maximum Gasteiger partial charge on any atom is 0.307 e. The fourth-order valence-electron chi connectivity index (χ4n) is 3.48. The summed E-state index contributed by atoms with van der Waals surface area (Å²) in [5, 5.41) is 9.35. The molecule has 1 rings (SSSR count). The fourth-order valence-corrected chi connectivity index (χ4v) is 3.48. The third kappa shape index (κ3) is 18.4. The summed E-state index contributed by atoms with van der Waals surface area (Å²) in [6.07, 6.45) is 34.4. The van der Waals surface area contributed by atoms with Crippen LogP contribution in [0.2, 0.25) is 0 Å².